The van der Waals surface area contributed by atoms with Crippen molar-refractivity contribution >= 4 is 5.97 Å². The second kappa shape index (κ2) is 4.79. The van der Waals surface area contributed by atoms with E-state index in [2.05, 4.69) is 14.8 Å². The zero-order chi connectivity index (χ0) is 13.1. The molecule has 0 radical (unpaired) electrons. The molecule has 0 unspecified atom stereocenters. The highest BCUT2D eigenvalue weighted by molar-refractivity contribution is 5.86. The van der Waals surface area contributed by atoms with Gasteiger partial charge in [-0.3, -0.25) is 9.78 Å². The molecule has 0 fully saturated rings. The van der Waals surface area contributed by atoms with Gasteiger partial charge in [-0.1, -0.05) is 0 Å². The fourth-order valence-electron chi connectivity index (χ4n) is 1.45. The molecule has 0 saturated carbocycles. The number of carbonyl (C=O) groups excluding carboxylic acids is 1. The first kappa shape index (κ1) is 12.0. The van der Waals surface area contributed by atoms with Crippen molar-refractivity contribution in [1.82, 2.24) is 14.8 Å². The molecule has 92 valence electrons. The van der Waals surface area contributed by atoms with Gasteiger partial charge >= 0.3 is 5.97 Å². The summed E-state index contributed by atoms with van der Waals surface area (Å²) in [5.41, 5.74) is 0.896. The lowest BCUT2D eigenvalue weighted by Gasteiger charge is -2.06. The number of hydrogen-bond donors (Lipinski definition) is 0. The van der Waals surface area contributed by atoms with Crippen LogP contribution in [0, 0.1) is 6.92 Å². The zero-order valence-electron chi connectivity index (χ0n) is 9.95. The number of nitrogens with zero attached hydrogens (tertiary/aromatic N) is 3. The Labute approximate surface area is 103 Å². The Kier molecular flexibility index (Phi) is 3.18. The molecule has 2 rings (SSSR count). The minimum absolute atomic E-state index is 0.249. The van der Waals surface area contributed by atoms with Gasteiger partial charge in [-0.05, 0) is 18.6 Å². The quantitative estimate of drug-likeness (QED) is 0.729. The van der Waals surface area contributed by atoms with Crippen LogP contribution in [0.5, 0.6) is 0 Å². The monoisotopic (exact) mass is 245 g/mol. The molecule has 2 aromatic heterocycles. The fraction of sp³-hybridized carbons (Fsp3) is 0.167. The minimum Gasteiger partial charge on any atom is -0.464 e. The zero-order valence-corrected chi connectivity index (χ0v) is 9.95. The van der Waals surface area contributed by atoms with Crippen molar-refractivity contribution < 1.29 is 9.53 Å². The van der Waals surface area contributed by atoms with Crippen LogP contribution < -0.4 is 5.43 Å². The molecule has 2 aromatic rings. The average Bonchev–Trinajstić information content (AvgIpc) is 2.38. The molecular weight excluding hydrogens is 234 g/mol. The summed E-state index contributed by atoms with van der Waals surface area (Å²) in [5, 5.41) is 3.94. The highest BCUT2D eigenvalue weighted by Crippen LogP contribution is 2.05. The second-order valence-electron chi connectivity index (χ2n) is 3.69. The highest BCUT2D eigenvalue weighted by Gasteiger charge is 2.13. The number of aromatic nitrogens is 3. The number of pyridine rings is 1. The normalized spacial score (nSPS) is 10.1. The highest BCUT2D eigenvalue weighted by atomic mass is 16.5. The maximum absolute atomic E-state index is 11.5. The van der Waals surface area contributed by atoms with Crippen LogP contribution in [0.4, 0.5) is 0 Å². The van der Waals surface area contributed by atoms with Crippen LogP contribution in [-0.2, 0) is 4.74 Å². The molecule has 0 N–H and O–H groups in total. The molecule has 6 heteroatoms. The maximum Gasteiger partial charge on any atom is 0.362 e. The summed E-state index contributed by atoms with van der Waals surface area (Å²) in [5.74, 6) is -0.755. The van der Waals surface area contributed by atoms with Gasteiger partial charge in [0.2, 0.25) is 11.1 Å². The van der Waals surface area contributed by atoms with E-state index in [0.29, 0.717) is 5.69 Å². The Morgan fingerprint density at radius 1 is 1.39 bits per heavy atom. The molecule has 0 saturated heterocycles. The van der Waals surface area contributed by atoms with E-state index < -0.39 is 11.4 Å². The third-order valence-corrected chi connectivity index (χ3v) is 2.31. The van der Waals surface area contributed by atoms with Gasteiger partial charge in [-0.15, -0.1) is 0 Å². The summed E-state index contributed by atoms with van der Waals surface area (Å²) >= 11 is 0. The Bertz CT molecular complexity index is 649. The van der Waals surface area contributed by atoms with E-state index in [1.807, 2.05) is 13.0 Å². The number of carbonyl (C=O) groups is 1. The van der Waals surface area contributed by atoms with Crippen molar-refractivity contribution in [2.75, 3.05) is 7.11 Å². The van der Waals surface area contributed by atoms with Crippen molar-refractivity contribution in [1.29, 1.82) is 0 Å². The summed E-state index contributed by atoms with van der Waals surface area (Å²) in [6, 6.07) is 3.10. The molecule has 0 amide bonds. The van der Waals surface area contributed by atoms with Gasteiger partial charge in [0.25, 0.3) is 0 Å². The number of hydrogen-bond acceptors (Lipinski definition) is 5. The van der Waals surface area contributed by atoms with Gasteiger partial charge in [0.15, 0.2) is 0 Å². The van der Waals surface area contributed by atoms with Crippen molar-refractivity contribution in [3.05, 3.63) is 52.2 Å². The maximum atomic E-state index is 11.5. The fourth-order valence-corrected chi connectivity index (χ4v) is 1.45. The Hall–Kier alpha value is -2.50. The van der Waals surface area contributed by atoms with Gasteiger partial charge in [0.1, 0.15) is 0 Å². The Morgan fingerprint density at radius 2 is 2.17 bits per heavy atom. The second-order valence-corrected chi connectivity index (χ2v) is 3.69. The summed E-state index contributed by atoms with van der Waals surface area (Å²) < 4.78 is 5.91. The first-order valence-electron chi connectivity index (χ1n) is 5.22. The van der Waals surface area contributed by atoms with Crippen LogP contribution in [0.2, 0.25) is 0 Å². The summed E-state index contributed by atoms with van der Waals surface area (Å²) in [6.45, 7) is 1.89. The summed E-state index contributed by atoms with van der Waals surface area (Å²) in [4.78, 5) is 26.9. The van der Waals surface area contributed by atoms with E-state index in [1.165, 1.54) is 24.1 Å². The van der Waals surface area contributed by atoms with Gasteiger partial charge < -0.3 is 4.74 Å². The van der Waals surface area contributed by atoms with Crippen molar-refractivity contribution in [2.45, 2.75) is 6.92 Å². The Morgan fingerprint density at radius 3 is 2.83 bits per heavy atom. The lowest BCUT2D eigenvalue weighted by molar-refractivity contribution is 0.0590. The topological polar surface area (TPSA) is 74.1 Å². The van der Waals surface area contributed by atoms with Gasteiger partial charge in [0, 0.05) is 18.5 Å². The first-order valence-corrected chi connectivity index (χ1v) is 5.22. The molecule has 2 heterocycles. The van der Waals surface area contributed by atoms with E-state index in [4.69, 9.17) is 0 Å². The van der Waals surface area contributed by atoms with E-state index >= 15 is 0 Å². The van der Waals surface area contributed by atoms with Crippen LogP contribution in [0.15, 0.2) is 35.5 Å². The predicted molar refractivity (Wildman–Crippen MR) is 63.7 cm³/mol. The molecule has 6 nitrogen and oxygen atoms in total. The summed E-state index contributed by atoms with van der Waals surface area (Å²) in [7, 11) is 1.20. The van der Waals surface area contributed by atoms with Gasteiger partial charge in [-0.25, -0.2) is 9.48 Å². The number of rotatable bonds is 2. The molecule has 0 aliphatic heterocycles. The lowest BCUT2D eigenvalue weighted by atomic mass is 10.3. The third-order valence-electron chi connectivity index (χ3n) is 2.31. The molecule has 0 atom stereocenters. The molecule has 18 heavy (non-hydrogen) atoms. The molecule has 0 bridgehead atoms. The van der Waals surface area contributed by atoms with Crippen LogP contribution in [0.3, 0.4) is 0 Å². The standard InChI is InChI=1S/C12H11N3O3/c1-8-5-9(7-13-6-8)15-4-3-10(16)11(14-15)12(17)18-2/h3-7H,1-2H3. The lowest BCUT2D eigenvalue weighted by Crippen LogP contribution is -2.21. The van der Waals surface area contributed by atoms with Crippen molar-refractivity contribution in [3.8, 4) is 5.69 Å². The molecular formula is C12H11N3O3. The van der Waals surface area contributed by atoms with Crippen molar-refractivity contribution in [2.24, 2.45) is 0 Å². The van der Waals surface area contributed by atoms with E-state index in [0.717, 1.165) is 5.56 Å². The third kappa shape index (κ3) is 2.27. The van der Waals surface area contributed by atoms with E-state index in [1.54, 1.807) is 12.4 Å². The van der Waals surface area contributed by atoms with Crippen LogP contribution in [0.1, 0.15) is 16.1 Å². The van der Waals surface area contributed by atoms with Crippen LogP contribution in [0.25, 0.3) is 5.69 Å². The minimum atomic E-state index is -0.755. The first-order chi connectivity index (χ1) is 8.61. The van der Waals surface area contributed by atoms with Crippen LogP contribution in [-0.4, -0.2) is 27.8 Å². The predicted octanol–water partition coefficient (Wildman–Crippen LogP) is 0.723. The smallest absolute Gasteiger partial charge is 0.362 e. The van der Waals surface area contributed by atoms with Gasteiger partial charge in [0.05, 0.1) is 19.0 Å². The van der Waals surface area contributed by atoms with Crippen LogP contribution >= 0.6 is 0 Å². The molecule has 0 spiro atoms. The van der Waals surface area contributed by atoms with Gasteiger partial charge in [-0.2, -0.15) is 5.10 Å². The average molecular weight is 245 g/mol. The SMILES string of the molecule is COC(=O)c1nn(-c2cncc(C)c2)ccc1=O. The number of aryl methyl sites for hydroxylation is 1. The summed E-state index contributed by atoms with van der Waals surface area (Å²) in [6.07, 6.45) is 4.77. The largest absolute Gasteiger partial charge is 0.464 e. The molecule has 0 aromatic carbocycles. The van der Waals surface area contributed by atoms with E-state index in [9.17, 15) is 9.59 Å². The number of esters is 1. The number of ether oxygens (including phenoxy) is 1. The Balaban J connectivity index is 2.54. The molecule has 0 aliphatic rings. The van der Waals surface area contributed by atoms with E-state index in [-0.39, 0.29) is 5.69 Å². The molecule has 0 aliphatic carbocycles. The number of methoxy groups -OCH3 is 1. The van der Waals surface area contributed by atoms with Crippen molar-refractivity contribution in [3.63, 3.8) is 0 Å².